The molecule has 0 unspecified atom stereocenters. The number of rotatable bonds is 3. The molecule has 0 saturated heterocycles. The van der Waals surface area contributed by atoms with E-state index >= 15 is 0 Å². The van der Waals surface area contributed by atoms with Gasteiger partial charge < -0.3 is 10.0 Å². The van der Waals surface area contributed by atoms with Crippen molar-refractivity contribution in [1.82, 2.24) is 4.57 Å². The average molecular weight is 317 g/mol. The van der Waals surface area contributed by atoms with Crippen LogP contribution in [0.3, 0.4) is 0 Å². The number of hydrogen-bond donors (Lipinski definition) is 2. The minimum Gasteiger partial charge on any atom is -0.423 e. The van der Waals surface area contributed by atoms with Crippen LogP contribution < -0.4 is 10.0 Å². The molecule has 0 radical (unpaired) electrons. The standard InChI is InChI=1S/C19H18BN2O2/c1-21-13-22(12-14-6-8-17(9-7-14)20(23)24)19-11-16-5-3-2-4-15(16)10-18(19)21/h2-11,13,23-24H,12H2,1H3/q+1. The zero-order valence-corrected chi connectivity index (χ0v) is 13.4. The zero-order valence-electron chi connectivity index (χ0n) is 13.4. The molecule has 0 aliphatic rings. The Kier molecular flexibility index (Phi) is 3.60. The van der Waals surface area contributed by atoms with E-state index in [9.17, 15) is 10.0 Å². The van der Waals surface area contributed by atoms with Gasteiger partial charge in [0.05, 0.1) is 7.05 Å². The van der Waals surface area contributed by atoms with Gasteiger partial charge in [-0.05, 0) is 33.9 Å². The van der Waals surface area contributed by atoms with E-state index in [0.29, 0.717) is 5.46 Å². The molecule has 24 heavy (non-hydrogen) atoms. The summed E-state index contributed by atoms with van der Waals surface area (Å²) in [7, 11) is 0.634. The van der Waals surface area contributed by atoms with Gasteiger partial charge in [-0.25, -0.2) is 9.13 Å². The predicted molar refractivity (Wildman–Crippen MR) is 96.0 cm³/mol. The van der Waals surface area contributed by atoms with Crippen LogP contribution in [0, 0.1) is 0 Å². The summed E-state index contributed by atoms with van der Waals surface area (Å²) in [5, 5.41) is 20.9. The second kappa shape index (κ2) is 5.78. The van der Waals surface area contributed by atoms with Gasteiger partial charge in [-0.3, -0.25) is 0 Å². The first-order valence-electron chi connectivity index (χ1n) is 7.94. The molecule has 0 aliphatic heterocycles. The zero-order chi connectivity index (χ0) is 16.7. The summed E-state index contributed by atoms with van der Waals surface area (Å²) in [6, 6.07) is 20.2. The molecule has 0 atom stereocenters. The minimum absolute atomic E-state index is 0.507. The summed E-state index contributed by atoms with van der Waals surface area (Å²) in [5.41, 5.74) is 4.00. The van der Waals surface area contributed by atoms with Gasteiger partial charge in [-0.2, -0.15) is 0 Å². The first-order valence-corrected chi connectivity index (χ1v) is 7.94. The van der Waals surface area contributed by atoms with Crippen LogP contribution >= 0.6 is 0 Å². The van der Waals surface area contributed by atoms with Gasteiger partial charge in [0.2, 0.25) is 6.33 Å². The van der Waals surface area contributed by atoms with Gasteiger partial charge in [0, 0.05) is 0 Å². The number of aryl methyl sites for hydroxylation is 1. The molecule has 0 aliphatic carbocycles. The van der Waals surface area contributed by atoms with Crippen LogP contribution in [0.5, 0.6) is 0 Å². The molecule has 5 heteroatoms. The largest absolute Gasteiger partial charge is 0.488 e. The molecule has 0 amide bonds. The summed E-state index contributed by atoms with van der Waals surface area (Å²) >= 11 is 0. The Morgan fingerprint density at radius 3 is 2.29 bits per heavy atom. The summed E-state index contributed by atoms with van der Waals surface area (Å²) in [5.74, 6) is 0. The van der Waals surface area contributed by atoms with E-state index < -0.39 is 7.12 Å². The third-order valence-electron chi connectivity index (χ3n) is 4.48. The minimum atomic E-state index is -1.42. The Balaban J connectivity index is 1.77. The fourth-order valence-corrected chi connectivity index (χ4v) is 3.18. The van der Waals surface area contributed by atoms with Gasteiger partial charge in [-0.1, -0.05) is 48.5 Å². The molecule has 3 aromatic carbocycles. The fourth-order valence-electron chi connectivity index (χ4n) is 3.18. The molecule has 1 heterocycles. The van der Waals surface area contributed by atoms with E-state index in [1.165, 1.54) is 21.8 Å². The highest BCUT2D eigenvalue weighted by atomic mass is 16.4. The lowest BCUT2D eigenvalue weighted by Crippen LogP contribution is -2.29. The summed E-state index contributed by atoms with van der Waals surface area (Å²) in [6.45, 7) is 0.734. The second-order valence-electron chi connectivity index (χ2n) is 6.16. The average Bonchev–Trinajstić information content (AvgIpc) is 2.89. The second-order valence-corrected chi connectivity index (χ2v) is 6.16. The molecule has 4 aromatic rings. The number of nitrogens with zero attached hydrogens (tertiary/aromatic N) is 2. The molecule has 1 aromatic heterocycles. The van der Waals surface area contributed by atoms with E-state index in [2.05, 4.69) is 58.9 Å². The topological polar surface area (TPSA) is 49.3 Å². The number of benzene rings is 3. The van der Waals surface area contributed by atoms with Crippen molar-refractivity contribution in [2.75, 3.05) is 0 Å². The van der Waals surface area contributed by atoms with Crippen molar-refractivity contribution in [2.24, 2.45) is 7.05 Å². The Bertz CT molecular complexity index is 1020. The Morgan fingerprint density at radius 1 is 0.958 bits per heavy atom. The lowest BCUT2D eigenvalue weighted by molar-refractivity contribution is -0.645. The van der Waals surface area contributed by atoms with Crippen molar-refractivity contribution in [2.45, 2.75) is 6.54 Å². The molecule has 4 rings (SSSR count). The number of aromatic nitrogens is 2. The summed E-state index contributed by atoms with van der Waals surface area (Å²) in [4.78, 5) is 0. The molecule has 2 N–H and O–H groups in total. The van der Waals surface area contributed by atoms with Crippen LogP contribution in [0.4, 0.5) is 0 Å². The summed E-state index contributed by atoms with van der Waals surface area (Å²) < 4.78 is 4.35. The first-order chi connectivity index (χ1) is 11.6. The Hall–Kier alpha value is -2.63. The van der Waals surface area contributed by atoms with Gasteiger partial charge in [0.25, 0.3) is 0 Å². The van der Waals surface area contributed by atoms with E-state index in [1.54, 1.807) is 12.1 Å². The van der Waals surface area contributed by atoms with Crippen LogP contribution in [-0.2, 0) is 13.6 Å². The maximum atomic E-state index is 9.20. The van der Waals surface area contributed by atoms with Crippen molar-refractivity contribution < 1.29 is 14.6 Å². The van der Waals surface area contributed by atoms with E-state index in [0.717, 1.165) is 12.1 Å². The first kappa shape index (κ1) is 14.9. The maximum Gasteiger partial charge on any atom is 0.488 e. The third kappa shape index (κ3) is 2.58. The van der Waals surface area contributed by atoms with Crippen LogP contribution in [0.2, 0.25) is 0 Å². The van der Waals surface area contributed by atoms with E-state index in [-0.39, 0.29) is 0 Å². The van der Waals surface area contributed by atoms with Crippen LogP contribution in [0.15, 0.2) is 67.0 Å². The van der Waals surface area contributed by atoms with Crippen molar-refractivity contribution in [1.29, 1.82) is 0 Å². The quantitative estimate of drug-likeness (QED) is 0.443. The Labute approximate surface area is 140 Å². The maximum absolute atomic E-state index is 9.20. The summed E-state index contributed by atoms with van der Waals surface area (Å²) in [6.07, 6.45) is 2.10. The molecular weight excluding hydrogens is 299 g/mol. The highest BCUT2D eigenvalue weighted by molar-refractivity contribution is 6.58. The van der Waals surface area contributed by atoms with Crippen LogP contribution in [0.1, 0.15) is 5.56 Å². The fraction of sp³-hybridized carbons (Fsp3) is 0.105. The molecule has 0 saturated carbocycles. The van der Waals surface area contributed by atoms with Crippen LogP contribution in [0.25, 0.3) is 21.8 Å². The number of imidazole rings is 1. The smallest absolute Gasteiger partial charge is 0.423 e. The SMILES string of the molecule is C[n+]1cn(Cc2ccc(B(O)O)cc2)c2cc3ccccc3cc21. The number of hydrogen-bond acceptors (Lipinski definition) is 2. The molecule has 118 valence electrons. The molecule has 4 nitrogen and oxygen atoms in total. The van der Waals surface area contributed by atoms with Crippen molar-refractivity contribution >= 4 is 34.4 Å². The van der Waals surface area contributed by atoms with Gasteiger partial charge in [0.1, 0.15) is 6.54 Å². The normalized spacial score (nSPS) is 11.3. The molecule has 0 bridgehead atoms. The molecule has 0 fully saturated rings. The van der Waals surface area contributed by atoms with Crippen molar-refractivity contribution in [3.05, 3.63) is 72.6 Å². The lowest BCUT2D eigenvalue weighted by Gasteiger charge is -2.03. The number of fused-ring (bicyclic) bond motifs is 2. The molecule has 0 spiro atoms. The highest BCUT2D eigenvalue weighted by Crippen LogP contribution is 2.21. The molecular formula is C19H18BN2O2+. The predicted octanol–water partition coefficient (Wildman–Crippen LogP) is 1.35. The lowest BCUT2D eigenvalue weighted by atomic mass is 9.80. The van der Waals surface area contributed by atoms with Gasteiger partial charge >= 0.3 is 7.12 Å². The van der Waals surface area contributed by atoms with Gasteiger partial charge in [-0.15, -0.1) is 0 Å². The third-order valence-corrected chi connectivity index (χ3v) is 4.48. The highest BCUT2D eigenvalue weighted by Gasteiger charge is 2.15. The van der Waals surface area contributed by atoms with Gasteiger partial charge in [0.15, 0.2) is 11.0 Å². The monoisotopic (exact) mass is 317 g/mol. The van der Waals surface area contributed by atoms with E-state index in [4.69, 9.17) is 0 Å². The van der Waals surface area contributed by atoms with Crippen molar-refractivity contribution in [3.63, 3.8) is 0 Å². The Morgan fingerprint density at radius 2 is 1.62 bits per heavy atom. The van der Waals surface area contributed by atoms with Crippen LogP contribution in [-0.4, -0.2) is 21.7 Å². The van der Waals surface area contributed by atoms with E-state index in [1.807, 2.05) is 12.1 Å². The van der Waals surface area contributed by atoms with Crippen molar-refractivity contribution in [3.8, 4) is 0 Å².